The Kier molecular flexibility index (Phi) is 50.5. The molecule has 0 saturated carbocycles. The van der Waals surface area contributed by atoms with Gasteiger partial charge in [0.1, 0.15) is 0 Å². The van der Waals surface area contributed by atoms with Gasteiger partial charge in [-0.1, -0.05) is 89.2 Å². The van der Waals surface area contributed by atoms with Gasteiger partial charge < -0.3 is 5.32 Å². The highest BCUT2D eigenvalue weighted by Gasteiger charge is 2.10. The van der Waals surface area contributed by atoms with Crippen LogP contribution in [-0.4, -0.2) is 13.1 Å². The molecule has 2 atom stereocenters. The van der Waals surface area contributed by atoms with E-state index in [1.165, 1.54) is 5.56 Å². The standard InChI is InChI=1S/C11H17N.7CH4/c1-9(10(2)12-3)11-7-5-4-6-8-11;;;;;;;/h4-10,12H,1-3H3;7*1H4. The molecule has 0 heterocycles. The van der Waals surface area contributed by atoms with Crippen molar-refractivity contribution in [1.82, 2.24) is 5.32 Å². The molecule has 0 radical (unpaired) electrons. The molecule has 1 aromatic carbocycles. The van der Waals surface area contributed by atoms with Crippen LogP contribution in [0.1, 0.15) is 77.3 Å². The van der Waals surface area contributed by atoms with Gasteiger partial charge in [0.25, 0.3) is 0 Å². The molecule has 0 aliphatic carbocycles. The maximum atomic E-state index is 3.26. The largest absolute Gasteiger partial charge is 0.317 e. The van der Waals surface area contributed by atoms with E-state index in [0.29, 0.717) is 12.0 Å². The lowest BCUT2D eigenvalue weighted by Gasteiger charge is -2.19. The highest BCUT2D eigenvalue weighted by Crippen LogP contribution is 2.17. The van der Waals surface area contributed by atoms with Crippen molar-refractivity contribution >= 4 is 0 Å². The van der Waals surface area contributed by atoms with Gasteiger partial charge in [0, 0.05) is 6.04 Å². The van der Waals surface area contributed by atoms with Crippen molar-refractivity contribution in [1.29, 1.82) is 0 Å². The quantitative estimate of drug-likeness (QED) is 0.636. The fourth-order valence-electron chi connectivity index (χ4n) is 1.30. The highest BCUT2D eigenvalue weighted by molar-refractivity contribution is 5.20. The summed E-state index contributed by atoms with van der Waals surface area (Å²) >= 11 is 0. The number of likely N-dealkylation sites (N-methyl/N-ethyl adjacent to an activating group) is 1. The van der Waals surface area contributed by atoms with Crippen molar-refractivity contribution < 1.29 is 0 Å². The Morgan fingerprint density at radius 2 is 1.11 bits per heavy atom. The molecule has 0 aliphatic heterocycles. The lowest BCUT2D eigenvalue weighted by atomic mass is 9.95. The topological polar surface area (TPSA) is 12.0 Å². The van der Waals surface area contributed by atoms with Crippen LogP contribution in [-0.2, 0) is 0 Å². The molecule has 0 saturated heterocycles. The minimum Gasteiger partial charge on any atom is -0.317 e. The summed E-state index contributed by atoms with van der Waals surface area (Å²) in [5.41, 5.74) is 1.40. The Hall–Kier alpha value is -0.820. The summed E-state index contributed by atoms with van der Waals surface area (Å²) in [7, 11) is 2.00. The van der Waals surface area contributed by atoms with Crippen molar-refractivity contribution in [2.45, 2.75) is 77.8 Å². The lowest BCUT2D eigenvalue weighted by Crippen LogP contribution is -2.27. The fourth-order valence-corrected chi connectivity index (χ4v) is 1.30. The second-order valence-electron chi connectivity index (χ2n) is 3.28. The summed E-state index contributed by atoms with van der Waals surface area (Å²) in [6, 6.07) is 11.1. The summed E-state index contributed by atoms with van der Waals surface area (Å²) < 4.78 is 0. The molecule has 1 heteroatoms. The van der Waals surface area contributed by atoms with Crippen molar-refractivity contribution in [2.24, 2.45) is 0 Å². The van der Waals surface area contributed by atoms with E-state index in [1.807, 2.05) is 7.05 Å². The maximum absolute atomic E-state index is 3.26. The van der Waals surface area contributed by atoms with Crippen LogP contribution in [0.2, 0.25) is 0 Å². The van der Waals surface area contributed by atoms with Crippen LogP contribution in [0.15, 0.2) is 30.3 Å². The normalized spacial score (nSPS) is 9.84. The zero-order valence-electron chi connectivity index (χ0n) is 8.04. The third kappa shape index (κ3) is 13.4. The first-order chi connectivity index (χ1) is 5.75. The minimum absolute atomic E-state index is 0. The van der Waals surface area contributed by atoms with E-state index >= 15 is 0 Å². The maximum Gasteiger partial charge on any atom is 0.0102 e. The van der Waals surface area contributed by atoms with Crippen LogP contribution < -0.4 is 5.32 Å². The third-order valence-corrected chi connectivity index (χ3v) is 2.53. The van der Waals surface area contributed by atoms with Gasteiger partial charge >= 0.3 is 0 Å². The Morgan fingerprint density at radius 1 is 0.737 bits per heavy atom. The molecule has 2 unspecified atom stereocenters. The monoisotopic (exact) mass is 275 g/mol. The van der Waals surface area contributed by atoms with Gasteiger partial charge in [-0.2, -0.15) is 0 Å². The second kappa shape index (κ2) is 22.4. The minimum atomic E-state index is 0. The van der Waals surface area contributed by atoms with E-state index in [1.54, 1.807) is 0 Å². The average Bonchev–Trinajstić information content (AvgIpc) is 2.17. The van der Waals surface area contributed by atoms with E-state index in [-0.39, 0.29) is 52.0 Å². The lowest BCUT2D eigenvalue weighted by molar-refractivity contribution is 0.524. The number of nitrogens with one attached hydrogen (secondary N) is 1. The van der Waals surface area contributed by atoms with Crippen LogP contribution in [0, 0.1) is 0 Å². The second-order valence-corrected chi connectivity index (χ2v) is 3.28. The number of hydrogen-bond donors (Lipinski definition) is 1. The molecule has 122 valence electrons. The first-order valence-corrected chi connectivity index (χ1v) is 4.48. The molecule has 0 fully saturated rings. The van der Waals surface area contributed by atoms with Crippen LogP contribution in [0.3, 0.4) is 0 Å². The summed E-state index contributed by atoms with van der Waals surface area (Å²) in [6.07, 6.45) is 0. The zero-order chi connectivity index (χ0) is 8.97. The molecule has 0 aliphatic rings. The summed E-state index contributed by atoms with van der Waals surface area (Å²) in [6.45, 7) is 4.45. The Labute approximate surface area is 126 Å². The molecule has 19 heavy (non-hydrogen) atoms. The van der Waals surface area contributed by atoms with E-state index in [2.05, 4.69) is 49.5 Å². The van der Waals surface area contributed by atoms with Crippen molar-refractivity contribution in [3.05, 3.63) is 35.9 Å². The summed E-state index contributed by atoms with van der Waals surface area (Å²) in [4.78, 5) is 0. The van der Waals surface area contributed by atoms with Crippen LogP contribution in [0.4, 0.5) is 0 Å². The molecule has 0 spiro atoms. The Morgan fingerprint density at radius 3 is 1.42 bits per heavy atom. The molecular weight excluding hydrogens is 230 g/mol. The van der Waals surface area contributed by atoms with Gasteiger partial charge in [-0.15, -0.1) is 0 Å². The smallest absolute Gasteiger partial charge is 0.0102 e. The highest BCUT2D eigenvalue weighted by atomic mass is 14.9. The summed E-state index contributed by atoms with van der Waals surface area (Å²) in [5.74, 6) is 0.580. The first kappa shape index (κ1) is 42.9. The Bertz CT molecular complexity index is 218. The SMILES string of the molecule is C.C.C.C.C.C.C.CNC(C)C(C)c1ccccc1. The number of rotatable bonds is 3. The van der Waals surface area contributed by atoms with E-state index < -0.39 is 0 Å². The van der Waals surface area contributed by atoms with Gasteiger partial charge in [-0.3, -0.25) is 0 Å². The van der Waals surface area contributed by atoms with Crippen LogP contribution >= 0.6 is 0 Å². The summed E-state index contributed by atoms with van der Waals surface area (Å²) in [5, 5.41) is 3.26. The molecule has 1 rings (SSSR count). The van der Waals surface area contributed by atoms with Gasteiger partial charge in [0.05, 0.1) is 0 Å². The van der Waals surface area contributed by atoms with Gasteiger partial charge in [0.2, 0.25) is 0 Å². The Balaban J connectivity index is -0.0000000411. The molecule has 0 aromatic heterocycles. The molecule has 1 aromatic rings. The predicted molar refractivity (Wildman–Crippen MR) is 100 cm³/mol. The van der Waals surface area contributed by atoms with Crippen molar-refractivity contribution in [3.63, 3.8) is 0 Å². The molecule has 0 amide bonds. The molecule has 0 bridgehead atoms. The number of benzene rings is 1. The predicted octanol–water partition coefficient (Wildman–Crippen LogP) is 6.85. The first-order valence-electron chi connectivity index (χ1n) is 4.48. The number of hydrogen-bond acceptors (Lipinski definition) is 1. The van der Waals surface area contributed by atoms with Gasteiger partial charge in [-0.25, -0.2) is 0 Å². The molecule has 1 N–H and O–H groups in total. The fraction of sp³-hybridized carbons (Fsp3) is 0.667. The van der Waals surface area contributed by atoms with Crippen molar-refractivity contribution in [3.8, 4) is 0 Å². The zero-order valence-corrected chi connectivity index (χ0v) is 8.04. The van der Waals surface area contributed by atoms with Crippen LogP contribution in [0.5, 0.6) is 0 Å². The van der Waals surface area contributed by atoms with Gasteiger partial charge in [-0.05, 0) is 25.5 Å². The van der Waals surface area contributed by atoms with Crippen molar-refractivity contribution in [2.75, 3.05) is 7.05 Å². The molecular formula is C18H45N. The van der Waals surface area contributed by atoms with E-state index in [4.69, 9.17) is 0 Å². The van der Waals surface area contributed by atoms with E-state index in [0.717, 1.165) is 0 Å². The molecule has 1 nitrogen and oxygen atoms in total. The third-order valence-electron chi connectivity index (χ3n) is 2.53. The average molecular weight is 276 g/mol. The van der Waals surface area contributed by atoms with Gasteiger partial charge in [0.15, 0.2) is 0 Å². The van der Waals surface area contributed by atoms with E-state index in [9.17, 15) is 0 Å². The van der Waals surface area contributed by atoms with Crippen LogP contribution in [0.25, 0.3) is 0 Å².